The highest BCUT2D eigenvalue weighted by Gasteiger charge is 2.11. The number of carbonyl (C=O) groups is 1. The molecular formula is C11H19Cl2N3O. The van der Waals surface area contributed by atoms with Crippen LogP contribution in [0.4, 0.5) is 0 Å². The van der Waals surface area contributed by atoms with E-state index in [1.54, 1.807) is 12.4 Å². The third-order valence-electron chi connectivity index (χ3n) is 2.22. The van der Waals surface area contributed by atoms with Gasteiger partial charge in [0.15, 0.2) is 0 Å². The Morgan fingerprint density at radius 1 is 1.41 bits per heavy atom. The molecule has 1 amide bonds. The first-order chi connectivity index (χ1) is 7.27. The number of carbonyl (C=O) groups excluding carboxylic acids is 1. The van der Waals surface area contributed by atoms with Gasteiger partial charge in [-0.15, -0.1) is 24.8 Å². The zero-order chi connectivity index (χ0) is 11.1. The van der Waals surface area contributed by atoms with Crippen molar-refractivity contribution in [2.24, 2.45) is 5.73 Å². The minimum absolute atomic E-state index is 0. The summed E-state index contributed by atoms with van der Waals surface area (Å²) in [5.41, 5.74) is 6.40. The largest absolute Gasteiger partial charge is 0.349 e. The van der Waals surface area contributed by atoms with Crippen LogP contribution in [0.5, 0.6) is 0 Å². The summed E-state index contributed by atoms with van der Waals surface area (Å²) < 4.78 is 0. The number of aromatic nitrogens is 1. The summed E-state index contributed by atoms with van der Waals surface area (Å²) in [7, 11) is 0. The Kier molecular flexibility index (Phi) is 11.2. The SMILES string of the molecule is CCC(NC(=O)CCN)c1ccncc1.Cl.Cl. The van der Waals surface area contributed by atoms with E-state index in [9.17, 15) is 4.79 Å². The number of hydrogen-bond donors (Lipinski definition) is 2. The maximum absolute atomic E-state index is 11.4. The Bertz CT molecular complexity index is 309. The number of pyridine rings is 1. The van der Waals surface area contributed by atoms with E-state index in [2.05, 4.69) is 10.3 Å². The Labute approximate surface area is 114 Å². The molecule has 98 valence electrons. The zero-order valence-electron chi connectivity index (χ0n) is 9.76. The van der Waals surface area contributed by atoms with Gasteiger partial charge in [-0.1, -0.05) is 6.92 Å². The molecule has 1 aromatic heterocycles. The number of hydrogen-bond acceptors (Lipinski definition) is 3. The molecule has 0 spiro atoms. The lowest BCUT2D eigenvalue weighted by atomic mass is 10.1. The van der Waals surface area contributed by atoms with Gasteiger partial charge in [0.25, 0.3) is 0 Å². The number of nitrogens with zero attached hydrogens (tertiary/aromatic N) is 1. The van der Waals surface area contributed by atoms with Crippen LogP contribution in [0, 0.1) is 0 Å². The van der Waals surface area contributed by atoms with Crippen molar-refractivity contribution in [2.45, 2.75) is 25.8 Å². The number of nitrogens with one attached hydrogen (secondary N) is 1. The van der Waals surface area contributed by atoms with Crippen LogP contribution < -0.4 is 11.1 Å². The quantitative estimate of drug-likeness (QED) is 0.864. The van der Waals surface area contributed by atoms with E-state index in [-0.39, 0.29) is 36.8 Å². The zero-order valence-corrected chi connectivity index (χ0v) is 11.4. The first kappa shape index (κ1) is 18.5. The summed E-state index contributed by atoms with van der Waals surface area (Å²) in [4.78, 5) is 15.3. The first-order valence-electron chi connectivity index (χ1n) is 5.17. The van der Waals surface area contributed by atoms with Gasteiger partial charge in [-0.3, -0.25) is 9.78 Å². The van der Waals surface area contributed by atoms with Crippen molar-refractivity contribution in [3.63, 3.8) is 0 Å². The molecule has 0 radical (unpaired) electrons. The van der Waals surface area contributed by atoms with Crippen LogP contribution in [-0.2, 0) is 4.79 Å². The number of rotatable bonds is 5. The third-order valence-corrected chi connectivity index (χ3v) is 2.22. The molecule has 1 rings (SSSR count). The Morgan fingerprint density at radius 3 is 2.47 bits per heavy atom. The molecule has 0 aromatic carbocycles. The topological polar surface area (TPSA) is 68.0 Å². The highest BCUT2D eigenvalue weighted by molar-refractivity contribution is 5.85. The first-order valence-corrected chi connectivity index (χ1v) is 5.17. The van der Waals surface area contributed by atoms with E-state index in [1.165, 1.54) is 0 Å². The van der Waals surface area contributed by atoms with E-state index in [0.717, 1.165) is 12.0 Å². The second-order valence-electron chi connectivity index (χ2n) is 3.35. The lowest BCUT2D eigenvalue weighted by Gasteiger charge is -2.16. The summed E-state index contributed by atoms with van der Waals surface area (Å²) in [6, 6.07) is 3.89. The van der Waals surface area contributed by atoms with Crippen molar-refractivity contribution in [3.05, 3.63) is 30.1 Å². The number of amides is 1. The minimum atomic E-state index is 0. The fourth-order valence-electron chi connectivity index (χ4n) is 1.41. The highest BCUT2D eigenvalue weighted by atomic mass is 35.5. The molecule has 0 bridgehead atoms. The summed E-state index contributed by atoms with van der Waals surface area (Å²) in [6.07, 6.45) is 4.70. The fourth-order valence-corrected chi connectivity index (χ4v) is 1.41. The summed E-state index contributed by atoms with van der Waals surface area (Å²) >= 11 is 0. The van der Waals surface area contributed by atoms with E-state index in [0.29, 0.717) is 13.0 Å². The van der Waals surface area contributed by atoms with Crippen LogP contribution in [0.2, 0.25) is 0 Å². The molecule has 4 nitrogen and oxygen atoms in total. The molecule has 0 saturated carbocycles. The van der Waals surface area contributed by atoms with Crippen molar-refractivity contribution in [3.8, 4) is 0 Å². The van der Waals surface area contributed by atoms with Crippen LogP contribution >= 0.6 is 24.8 Å². The predicted molar refractivity (Wildman–Crippen MR) is 73.6 cm³/mol. The third kappa shape index (κ3) is 6.46. The second-order valence-corrected chi connectivity index (χ2v) is 3.35. The number of nitrogens with two attached hydrogens (primary N) is 1. The van der Waals surface area contributed by atoms with Gasteiger partial charge in [-0.05, 0) is 24.1 Å². The molecule has 6 heteroatoms. The van der Waals surface area contributed by atoms with Gasteiger partial charge in [0.2, 0.25) is 5.91 Å². The van der Waals surface area contributed by atoms with Crippen LogP contribution in [0.1, 0.15) is 31.4 Å². The van der Waals surface area contributed by atoms with Crippen LogP contribution in [-0.4, -0.2) is 17.4 Å². The minimum Gasteiger partial charge on any atom is -0.349 e. The van der Waals surface area contributed by atoms with E-state index in [4.69, 9.17) is 5.73 Å². The van der Waals surface area contributed by atoms with Crippen molar-refractivity contribution in [2.75, 3.05) is 6.54 Å². The molecule has 3 N–H and O–H groups in total. The van der Waals surface area contributed by atoms with Crippen molar-refractivity contribution >= 4 is 30.7 Å². The fraction of sp³-hybridized carbons (Fsp3) is 0.455. The lowest BCUT2D eigenvalue weighted by molar-refractivity contribution is -0.121. The summed E-state index contributed by atoms with van der Waals surface area (Å²) in [5.74, 6) is 0.00108. The van der Waals surface area contributed by atoms with Gasteiger partial charge < -0.3 is 11.1 Å². The molecule has 0 aliphatic carbocycles. The van der Waals surface area contributed by atoms with Gasteiger partial charge in [0.1, 0.15) is 0 Å². The molecular weight excluding hydrogens is 261 g/mol. The van der Waals surface area contributed by atoms with Crippen molar-refractivity contribution in [1.29, 1.82) is 0 Å². The maximum atomic E-state index is 11.4. The number of halogens is 2. The average Bonchev–Trinajstić information content (AvgIpc) is 2.27. The molecule has 1 aromatic rings. The molecule has 0 saturated heterocycles. The van der Waals surface area contributed by atoms with E-state index in [1.807, 2.05) is 19.1 Å². The maximum Gasteiger partial charge on any atom is 0.221 e. The standard InChI is InChI=1S/C11H17N3O.2ClH/c1-2-10(14-11(15)3-6-12)9-4-7-13-8-5-9;;/h4-5,7-8,10H,2-3,6,12H2,1H3,(H,14,15);2*1H. The summed E-state index contributed by atoms with van der Waals surface area (Å²) in [5, 5.41) is 2.94. The van der Waals surface area contributed by atoms with Crippen LogP contribution in [0.3, 0.4) is 0 Å². The van der Waals surface area contributed by atoms with Gasteiger partial charge in [0.05, 0.1) is 6.04 Å². The summed E-state index contributed by atoms with van der Waals surface area (Å²) in [6.45, 7) is 2.42. The monoisotopic (exact) mass is 279 g/mol. The molecule has 17 heavy (non-hydrogen) atoms. The van der Waals surface area contributed by atoms with Crippen LogP contribution in [0.25, 0.3) is 0 Å². The molecule has 1 unspecified atom stereocenters. The van der Waals surface area contributed by atoms with Gasteiger partial charge in [0, 0.05) is 25.4 Å². The van der Waals surface area contributed by atoms with Crippen molar-refractivity contribution < 1.29 is 4.79 Å². The lowest BCUT2D eigenvalue weighted by Crippen LogP contribution is -2.29. The Balaban J connectivity index is 0. The van der Waals surface area contributed by atoms with Crippen LogP contribution in [0.15, 0.2) is 24.5 Å². The van der Waals surface area contributed by atoms with Gasteiger partial charge in [-0.25, -0.2) is 0 Å². The Hall–Kier alpha value is -0.840. The predicted octanol–water partition coefficient (Wildman–Crippen LogP) is 1.84. The van der Waals surface area contributed by atoms with Gasteiger partial charge in [-0.2, -0.15) is 0 Å². The van der Waals surface area contributed by atoms with Gasteiger partial charge >= 0.3 is 0 Å². The Morgan fingerprint density at radius 2 is 2.00 bits per heavy atom. The molecule has 0 aliphatic rings. The normalized spacial score (nSPS) is 10.7. The van der Waals surface area contributed by atoms with E-state index < -0.39 is 0 Å². The molecule has 0 aliphatic heterocycles. The molecule has 1 atom stereocenters. The smallest absolute Gasteiger partial charge is 0.221 e. The van der Waals surface area contributed by atoms with Crippen molar-refractivity contribution in [1.82, 2.24) is 10.3 Å². The average molecular weight is 280 g/mol. The molecule has 1 heterocycles. The van der Waals surface area contributed by atoms with E-state index >= 15 is 0 Å². The second kappa shape index (κ2) is 10.3. The molecule has 0 fully saturated rings. The highest BCUT2D eigenvalue weighted by Crippen LogP contribution is 2.14.